The molecule has 1 saturated heterocycles. The highest BCUT2D eigenvalue weighted by atomic mass is 16.5. The molecule has 3 rings (SSSR count). The van der Waals surface area contributed by atoms with E-state index in [0.29, 0.717) is 18.2 Å². The van der Waals surface area contributed by atoms with Gasteiger partial charge in [-0.25, -0.2) is 0 Å². The van der Waals surface area contributed by atoms with Crippen molar-refractivity contribution in [2.24, 2.45) is 0 Å². The smallest absolute Gasteiger partial charge is 0.270 e. The van der Waals surface area contributed by atoms with E-state index >= 15 is 0 Å². The molecule has 0 radical (unpaired) electrons. The van der Waals surface area contributed by atoms with Crippen LogP contribution in [0.25, 0.3) is 0 Å². The summed E-state index contributed by atoms with van der Waals surface area (Å²) in [6, 6.07) is 9.56. The predicted molar refractivity (Wildman–Crippen MR) is 83.6 cm³/mol. The van der Waals surface area contributed by atoms with Crippen molar-refractivity contribution in [1.82, 2.24) is 9.88 Å². The first kappa shape index (κ1) is 14.5. The van der Waals surface area contributed by atoms with E-state index in [4.69, 9.17) is 9.47 Å². The molecule has 1 unspecified atom stereocenters. The second-order valence-electron chi connectivity index (χ2n) is 5.47. The van der Waals surface area contributed by atoms with E-state index in [1.54, 1.807) is 20.4 Å². The predicted octanol–water partition coefficient (Wildman–Crippen LogP) is 2.66. The van der Waals surface area contributed by atoms with Crippen molar-refractivity contribution in [3.63, 3.8) is 0 Å². The van der Waals surface area contributed by atoms with Crippen molar-refractivity contribution in [2.45, 2.75) is 12.3 Å². The summed E-state index contributed by atoms with van der Waals surface area (Å²) in [6.45, 7) is 1.48. The lowest BCUT2D eigenvalue weighted by atomic mass is 9.98. The first-order chi connectivity index (χ1) is 10.7. The van der Waals surface area contributed by atoms with E-state index in [2.05, 4.69) is 4.98 Å². The van der Waals surface area contributed by atoms with Gasteiger partial charge in [-0.3, -0.25) is 4.79 Å². The Morgan fingerprint density at radius 1 is 1.23 bits per heavy atom. The highest BCUT2D eigenvalue weighted by Gasteiger charge is 2.28. The Morgan fingerprint density at radius 2 is 1.95 bits per heavy atom. The number of rotatable bonds is 4. The number of benzene rings is 1. The van der Waals surface area contributed by atoms with Crippen LogP contribution in [0.2, 0.25) is 0 Å². The van der Waals surface area contributed by atoms with E-state index < -0.39 is 0 Å². The quantitative estimate of drug-likeness (QED) is 0.944. The number of ether oxygens (including phenoxy) is 2. The number of aromatic nitrogens is 1. The Balaban J connectivity index is 1.76. The van der Waals surface area contributed by atoms with Crippen molar-refractivity contribution < 1.29 is 14.3 Å². The van der Waals surface area contributed by atoms with E-state index in [1.165, 1.54) is 0 Å². The van der Waals surface area contributed by atoms with Gasteiger partial charge in [0.1, 0.15) is 17.2 Å². The number of hydrogen-bond donors (Lipinski definition) is 1. The number of carbonyl (C=O) groups is 1. The fourth-order valence-corrected chi connectivity index (χ4v) is 2.92. The van der Waals surface area contributed by atoms with Gasteiger partial charge in [-0.15, -0.1) is 0 Å². The molecule has 1 amide bonds. The van der Waals surface area contributed by atoms with Crippen molar-refractivity contribution in [1.29, 1.82) is 0 Å². The summed E-state index contributed by atoms with van der Waals surface area (Å²) in [5, 5.41) is 0. The van der Waals surface area contributed by atoms with Gasteiger partial charge in [-0.2, -0.15) is 0 Å². The van der Waals surface area contributed by atoms with Crippen LogP contribution < -0.4 is 9.47 Å². The molecule has 1 N–H and O–H groups in total. The van der Waals surface area contributed by atoms with Crippen LogP contribution in [-0.2, 0) is 0 Å². The summed E-state index contributed by atoms with van der Waals surface area (Å²) in [5.41, 5.74) is 1.79. The zero-order valence-electron chi connectivity index (χ0n) is 12.8. The Bertz CT molecular complexity index is 630. The molecule has 116 valence electrons. The maximum absolute atomic E-state index is 12.4. The van der Waals surface area contributed by atoms with Gasteiger partial charge >= 0.3 is 0 Å². The molecule has 1 aromatic carbocycles. The largest absolute Gasteiger partial charge is 0.497 e. The molecule has 2 heterocycles. The van der Waals surface area contributed by atoms with Gasteiger partial charge in [-0.1, -0.05) is 0 Å². The second-order valence-corrected chi connectivity index (χ2v) is 5.47. The molecule has 0 spiro atoms. The topological polar surface area (TPSA) is 54.6 Å². The Labute approximate surface area is 129 Å². The number of hydrogen-bond acceptors (Lipinski definition) is 3. The van der Waals surface area contributed by atoms with Crippen molar-refractivity contribution in [3.05, 3.63) is 47.8 Å². The van der Waals surface area contributed by atoms with Crippen LogP contribution in [0, 0.1) is 0 Å². The molecule has 0 aliphatic carbocycles. The molecule has 1 aliphatic rings. The third-order valence-electron chi connectivity index (χ3n) is 4.15. The lowest BCUT2D eigenvalue weighted by Gasteiger charge is -2.17. The summed E-state index contributed by atoms with van der Waals surface area (Å²) >= 11 is 0. The van der Waals surface area contributed by atoms with Gasteiger partial charge in [0, 0.05) is 31.3 Å². The Kier molecular flexibility index (Phi) is 4.04. The Morgan fingerprint density at radius 3 is 2.55 bits per heavy atom. The zero-order valence-corrected chi connectivity index (χ0v) is 12.8. The number of likely N-dealkylation sites (tertiary alicyclic amines) is 1. The van der Waals surface area contributed by atoms with Crippen LogP contribution in [0.5, 0.6) is 11.5 Å². The minimum Gasteiger partial charge on any atom is -0.497 e. The van der Waals surface area contributed by atoms with Crippen LogP contribution in [0.3, 0.4) is 0 Å². The molecule has 0 saturated carbocycles. The van der Waals surface area contributed by atoms with Crippen molar-refractivity contribution >= 4 is 5.91 Å². The minimum absolute atomic E-state index is 0.0577. The van der Waals surface area contributed by atoms with Gasteiger partial charge in [0.25, 0.3) is 5.91 Å². The maximum Gasteiger partial charge on any atom is 0.270 e. The maximum atomic E-state index is 12.4. The number of aromatic amines is 1. The van der Waals surface area contributed by atoms with Crippen molar-refractivity contribution in [3.8, 4) is 11.5 Å². The fraction of sp³-hybridized carbons (Fsp3) is 0.353. The molecule has 1 fully saturated rings. The number of nitrogens with zero attached hydrogens (tertiary/aromatic N) is 1. The Hall–Kier alpha value is -2.43. The molecule has 1 aliphatic heterocycles. The number of carbonyl (C=O) groups excluding carboxylic acids is 1. The average Bonchev–Trinajstić information content (AvgIpc) is 3.25. The summed E-state index contributed by atoms with van der Waals surface area (Å²) in [5.74, 6) is 1.93. The number of nitrogens with one attached hydrogen (secondary N) is 1. The van der Waals surface area contributed by atoms with Crippen LogP contribution in [0.1, 0.15) is 28.4 Å². The third-order valence-corrected chi connectivity index (χ3v) is 4.15. The van der Waals surface area contributed by atoms with E-state index in [1.807, 2.05) is 35.2 Å². The van der Waals surface area contributed by atoms with Gasteiger partial charge in [0.05, 0.1) is 14.2 Å². The first-order valence-corrected chi connectivity index (χ1v) is 7.37. The van der Waals surface area contributed by atoms with E-state index in [-0.39, 0.29) is 5.91 Å². The zero-order chi connectivity index (χ0) is 15.5. The summed E-state index contributed by atoms with van der Waals surface area (Å²) in [7, 11) is 3.29. The molecular formula is C17H20N2O3. The fourth-order valence-electron chi connectivity index (χ4n) is 2.92. The minimum atomic E-state index is 0.0577. The first-order valence-electron chi connectivity index (χ1n) is 7.37. The molecule has 1 aromatic heterocycles. The highest BCUT2D eigenvalue weighted by Crippen LogP contribution is 2.33. The van der Waals surface area contributed by atoms with Gasteiger partial charge in [-0.05, 0) is 36.2 Å². The van der Waals surface area contributed by atoms with Gasteiger partial charge < -0.3 is 19.4 Å². The number of methoxy groups -OCH3 is 2. The van der Waals surface area contributed by atoms with Crippen LogP contribution in [-0.4, -0.2) is 43.1 Å². The molecule has 22 heavy (non-hydrogen) atoms. The standard InChI is InChI=1S/C17H20N2O3/c1-21-14-8-13(9-15(10-14)22-2)12-5-7-19(11-12)17(20)16-4-3-6-18-16/h3-4,6,8-10,12,18H,5,7,11H2,1-2H3. The second kappa shape index (κ2) is 6.13. The average molecular weight is 300 g/mol. The molecule has 5 nitrogen and oxygen atoms in total. The summed E-state index contributed by atoms with van der Waals surface area (Å²) in [4.78, 5) is 17.2. The molecule has 0 bridgehead atoms. The van der Waals surface area contributed by atoms with Crippen LogP contribution in [0.15, 0.2) is 36.5 Å². The summed E-state index contributed by atoms with van der Waals surface area (Å²) in [6.07, 6.45) is 2.72. The van der Waals surface area contributed by atoms with E-state index in [9.17, 15) is 4.79 Å². The summed E-state index contributed by atoms with van der Waals surface area (Å²) < 4.78 is 10.6. The third kappa shape index (κ3) is 2.79. The molecule has 1 atom stereocenters. The monoisotopic (exact) mass is 300 g/mol. The SMILES string of the molecule is COc1cc(OC)cc(C2CCN(C(=O)c3ccc[nH]3)C2)c1. The number of amides is 1. The van der Waals surface area contributed by atoms with Crippen molar-refractivity contribution in [2.75, 3.05) is 27.3 Å². The number of H-pyrrole nitrogens is 1. The van der Waals surface area contributed by atoms with Crippen LogP contribution >= 0.6 is 0 Å². The molecule has 5 heteroatoms. The van der Waals surface area contributed by atoms with Gasteiger partial charge in [0.2, 0.25) is 0 Å². The lowest BCUT2D eigenvalue weighted by molar-refractivity contribution is 0.0785. The van der Waals surface area contributed by atoms with Gasteiger partial charge in [0.15, 0.2) is 0 Å². The molecule has 2 aromatic rings. The molecular weight excluding hydrogens is 280 g/mol. The van der Waals surface area contributed by atoms with Crippen LogP contribution in [0.4, 0.5) is 0 Å². The lowest BCUT2D eigenvalue weighted by Crippen LogP contribution is -2.28. The normalized spacial score (nSPS) is 17.5. The van der Waals surface area contributed by atoms with E-state index in [0.717, 1.165) is 30.0 Å². The highest BCUT2D eigenvalue weighted by molar-refractivity contribution is 5.92.